The highest BCUT2D eigenvalue weighted by atomic mass is 32.2. The Morgan fingerprint density at radius 1 is 1.12 bits per heavy atom. The fraction of sp³-hybridized carbons (Fsp3) is 0.423. The van der Waals surface area contributed by atoms with E-state index < -0.39 is 0 Å². The monoisotopic (exact) mass is 480 g/mol. The number of hydrogen-bond donors (Lipinski definition) is 1. The number of hydrogen-bond acceptors (Lipinski definition) is 6. The molecule has 4 rings (SSSR count). The minimum Gasteiger partial charge on any atom is -0.497 e. The average Bonchev–Trinajstić information content (AvgIpc) is 3.26. The Bertz CT molecular complexity index is 1150. The van der Waals surface area contributed by atoms with E-state index in [9.17, 15) is 4.79 Å². The molecule has 0 unspecified atom stereocenters. The average molecular weight is 481 g/mol. The Morgan fingerprint density at radius 2 is 1.94 bits per heavy atom. The first-order valence-corrected chi connectivity index (χ1v) is 12.7. The standard InChI is InChI=1S/C26H32N4O3S/c1-17-8-7-10-19(14-17)25-28-29-26(30(25)22-11-6-5-9-18(22)2)34-16-24(31)27-21-15-20(32-3)12-13-23(21)33-4/h7-8,10,12-15,18,22H,5-6,9,11,16H2,1-4H3,(H,27,31)/t18-,22+/m0/s1. The van der Waals surface area contributed by atoms with Gasteiger partial charge in [-0.3, -0.25) is 9.36 Å². The van der Waals surface area contributed by atoms with E-state index in [0.29, 0.717) is 29.1 Å². The van der Waals surface area contributed by atoms with Gasteiger partial charge in [-0.05, 0) is 43.9 Å². The number of thioether (sulfide) groups is 1. The van der Waals surface area contributed by atoms with Crippen molar-refractivity contribution < 1.29 is 14.3 Å². The number of carbonyl (C=O) groups excluding carboxylic acids is 1. The molecule has 8 heteroatoms. The highest BCUT2D eigenvalue weighted by Gasteiger charge is 2.29. The van der Waals surface area contributed by atoms with Crippen molar-refractivity contribution in [3.8, 4) is 22.9 Å². The third-order valence-corrected chi connectivity index (χ3v) is 7.29. The summed E-state index contributed by atoms with van der Waals surface area (Å²) < 4.78 is 12.9. The number of carbonyl (C=O) groups is 1. The highest BCUT2D eigenvalue weighted by Crippen LogP contribution is 2.39. The zero-order valence-corrected chi connectivity index (χ0v) is 21.0. The van der Waals surface area contributed by atoms with E-state index in [4.69, 9.17) is 9.47 Å². The van der Waals surface area contributed by atoms with Crippen LogP contribution in [0.15, 0.2) is 47.6 Å². The van der Waals surface area contributed by atoms with Gasteiger partial charge in [0.25, 0.3) is 0 Å². The summed E-state index contributed by atoms with van der Waals surface area (Å²) in [5.74, 6) is 2.72. The number of amides is 1. The summed E-state index contributed by atoms with van der Waals surface area (Å²) in [6, 6.07) is 14.0. The van der Waals surface area contributed by atoms with Crippen molar-refractivity contribution in [1.82, 2.24) is 14.8 Å². The lowest BCUT2D eigenvalue weighted by atomic mass is 9.85. The maximum atomic E-state index is 12.8. The number of rotatable bonds is 8. The summed E-state index contributed by atoms with van der Waals surface area (Å²) >= 11 is 1.42. The van der Waals surface area contributed by atoms with Gasteiger partial charge in [0, 0.05) is 17.7 Å². The Balaban J connectivity index is 1.57. The van der Waals surface area contributed by atoms with Gasteiger partial charge in [0.1, 0.15) is 11.5 Å². The van der Waals surface area contributed by atoms with E-state index in [-0.39, 0.29) is 11.7 Å². The normalized spacial score (nSPS) is 17.9. The van der Waals surface area contributed by atoms with E-state index >= 15 is 0 Å². The van der Waals surface area contributed by atoms with Crippen LogP contribution in [-0.2, 0) is 4.79 Å². The predicted octanol–water partition coefficient (Wildman–Crippen LogP) is 5.75. The maximum Gasteiger partial charge on any atom is 0.234 e. The van der Waals surface area contributed by atoms with Crippen LogP contribution in [0.25, 0.3) is 11.4 Å². The first-order valence-electron chi connectivity index (χ1n) is 11.7. The minimum absolute atomic E-state index is 0.139. The van der Waals surface area contributed by atoms with E-state index in [1.807, 2.05) is 0 Å². The second kappa shape index (κ2) is 11.0. The molecule has 0 radical (unpaired) electrons. The van der Waals surface area contributed by atoms with Crippen LogP contribution in [0.3, 0.4) is 0 Å². The highest BCUT2D eigenvalue weighted by molar-refractivity contribution is 7.99. The summed E-state index contributed by atoms with van der Waals surface area (Å²) in [7, 11) is 3.17. The van der Waals surface area contributed by atoms with Crippen molar-refractivity contribution in [2.24, 2.45) is 5.92 Å². The third-order valence-electron chi connectivity index (χ3n) is 6.35. The molecule has 1 fully saturated rings. The van der Waals surface area contributed by atoms with Crippen LogP contribution in [0.5, 0.6) is 11.5 Å². The molecule has 1 heterocycles. The largest absolute Gasteiger partial charge is 0.497 e. The molecule has 0 aliphatic heterocycles. The molecule has 0 spiro atoms. The van der Waals surface area contributed by atoms with Gasteiger partial charge in [-0.1, -0.05) is 55.3 Å². The van der Waals surface area contributed by atoms with Crippen LogP contribution in [0.4, 0.5) is 5.69 Å². The molecular formula is C26H32N4O3S. The van der Waals surface area contributed by atoms with Crippen molar-refractivity contribution in [3.63, 3.8) is 0 Å². The fourth-order valence-corrected chi connectivity index (χ4v) is 5.36. The first-order chi connectivity index (χ1) is 16.5. The molecule has 0 bridgehead atoms. The SMILES string of the molecule is COc1ccc(OC)c(NC(=O)CSc2nnc(-c3cccc(C)c3)n2[C@@H]2CCCC[C@@H]2C)c1. The Kier molecular flexibility index (Phi) is 7.77. The quantitative estimate of drug-likeness (QED) is 0.414. The lowest BCUT2D eigenvalue weighted by molar-refractivity contribution is -0.113. The second-order valence-electron chi connectivity index (χ2n) is 8.78. The molecule has 180 valence electrons. The predicted molar refractivity (Wildman–Crippen MR) is 136 cm³/mol. The molecule has 1 saturated carbocycles. The number of ether oxygens (including phenoxy) is 2. The lowest BCUT2D eigenvalue weighted by Crippen LogP contribution is -2.23. The molecule has 2 atom stereocenters. The van der Waals surface area contributed by atoms with E-state index in [1.54, 1.807) is 32.4 Å². The molecule has 1 aliphatic carbocycles. The molecule has 2 aromatic carbocycles. The summed E-state index contributed by atoms with van der Waals surface area (Å²) in [6.07, 6.45) is 4.74. The first kappa shape index (κ1) is 24.1. The molecule has 7 nitrogen and oxygen atoms in total. The van der Waals surface area contributed by atoms with Crippen LogP contribution >= 0.6 is 11.8 Å². The van der Waals surface area contributed by atoms with Crippen LogP contribution in [-0.4, -0.2) is 40.6 Å². The summed E-state index contributed by atoms with van der Waals surface area (Å²) in [4.78, 5) is 12.8. The van der Waals surface area contributed by atoms with Crippen LogP contribution in [0, 0.1) is 12.8 Å². The zero-order chi connectivity index (χ0) is 24.1. The minimum atomic E-state index is -0.139. The summed E-state index contributed by atoms with van der Waals surface area (Å²) in [5.41, 5.74) is 2.82. The van der Waals surface area contributed by atoms with Gasteiger partial charge < -0.3 is 14.8 Å². The molecule has 3 aromatic rings. The molecule has 1 N–H and O–H groups in total. The molecule has 1 amide bonds. The van der Waals surface area contributed by atoms with E-state index in [1.165, 1.54) is 36.6 Å². The number of aromatic nitrogens is 3. The van der Waals surface area contributed by atoms with Crippen molar-refractivity contribution in [1.29, 1.82) is 0 Å². The Morgan fingerprint density at radius 3 is 2.68 bits per heavy atom. The van der Waals surface area contributed by atoms with Gasteiger partial charge in [0.05, 0.1) is 25.7 Å². The van der Waals surface area contributed by atoms with Gasteiger partial charge in [0.2, 0.25) is 5.91 Å². The van der Waals surface area contributed by atoms with Crippen LogP contribution < -0.4 is 14.8 Å². The molecule has 0 saturated heterocycles. The van der Waals surface area contributed by atoms with E-state index in [2.05, 4.69) is 58.2 Å². The fourth-order valence-electron chi connectivity index (χ4n) is 4.56. The molecule has 1 aromatic heterocycles. The third kappa shape index (κ3) is 5.38. The molecular weight excluding hydrogens is 448 g/mol. The number of anilines is 1. The smallest absolute Gasteiger partial charge is 0.234 e. The van der Waals surface area contributed by atoms with E-state index in [0.717, 1.165) is 23.0 Å². The van der Waals surface area contributed by atoms with Crippen molar-refractivity contribution in [3.05, 3.63) is 48.0 Å². The number of nitrogens with zero attached hydrogens (tertiary/aromatic N) is 3. The van der Waals surface area contributed by atoms with Crippen molar-refractivity contribution in [2.75, 3.05) is 25.3 Å². The van der Waals surface area contributed by atoms with Gasteiger partial charge in [-0.2, -0.15) is 0 Å². The zero-order valence-electron chi connectivity index (χ0n) is 20.2. The van der Waals surface area contributed by atoms with Gasteiger partial charge in [0.15, 0.2) is 11.0 Å². The van der Waals surface area contributed by atoms with Gasteiger partial charge in [-0.15, -0.1) is 10.2 Å². The Hall–Kier alpha value is -3.00. The number of nitrogens with one attached hydrogen (secondary N) is 1. The van der Waals surface area contributed by atoms with Crippen LogP contribution in [0.1, 0.15) is 44.2 Å². The Labute approximate surface area is 205 Å². The summed E-state index contributed by atoms with van der Waals surface area (Å²) in [5, 5.41) is 12.8. The topological polar surface area (TPSA) is 78.3 Å². The maximum absolute atomic E-state index is 12.8. The van der Waals surface area contributed by atoms with Gasteiger partial charge in [-0.25, -0.2) is 0 Å². The summed E-state index contributed by atoms with van der Waals surface area (Å²) in [6.45, 7) is 4.39. The number of aryl methyl sites for hydroxylation is 1. The molecule has 1 aliphatic rings. The van der Waals surface area contributed by atoms with Crippen molar-refractivity contribution >= 4 is 23.4 Å². The lowest BCUT2D eigenvalue weighted by Gasteiger charge is -2.31. The van der Waals surface area contributed by atoms with Crippen molar-refractivity contribution in [2.45, 2.75) is 50.7 Å². The number of benzene rings is 2. The number of methoxy groups -OCH3 is 2. The van der Waals surface area contributed by atoms with Gasteiger partial charge >= 0.3 is 0 Å². The van der Waals surface area contributed by atoms with Crippen LogP contribution in [0.2, 0.25) is 0 Å². The molecule has 34 heavy (non-hydrogen) atoms. The second-order valence-corrected chi connectivity index (χ2v) is 9.72.